The zero-order valence-electron chi connectivity index (χ0n) is 15.0. The number of anilines is 1. The first-order valence-electron chi connectivity index (χ1n) is 8.75. The molecule has 0 radical (unpaired) electrons. The van der Waals surface area contributed by atoms with Gasteiger partial charge in [-0.3, -0.25) is 4.79 Å². The quantitative estimate of drug-likeness (QED) is 0.631. The van der Waals surface area contributed by atoms with Gasteiger partial charge in [0.1, 0.15) is 11.5 Å². The van der Waals surface area contributed by atoms with Crippen LogP contribution in [-0.4, -0.2) is 24.0 Å². The van der Waals surface area contributed by atoms with Crippen molar-refractivity contribution in [1.82, 2.24) is 10.3 Å². The highest BCUT2D eigenvalue weighted by Crippen LogP contribution is 2.30. The Balaban J connectivity index is 1.59. The van der Waals surface area contributed by atoms with Crippen LogP contribution in [0, 0.1) is 42.2 Å². The second-order valence-corrected chi connectivity index (χ2v) is 6.73. The molecule has 0 spiro atoms. The predicted molar refractivity (Wildman–Crippen MR) is 92.0 cm³/mol. The van der Waals surface area contributed by atoms with Gasteiger partial charge in [-0.05, 0) is 37.0 Å². The van der Waals surface area contributed by atoms with Gasteiger partial charge in [-0.2, -0.15) is 22.5 Å². The maximum atomic E-state index is 13.9. The minimum atomic E-state index is -1.71. The molecular formula is C19H18F5N3O. The number of hydrogen-bond donors (Lipinski definition) is 1. The Hall–Kier alpha value is -2.71. The van der Waals surface area contributed by atoms with E-state index < -0.39 is 35.1 Å². The fourth-order valence-corrected chi connectivity index (χ4v) is 3.20. The number of nitrogens with one attached hydrogen (secondary N) is 1. The number of aromatic nitrogens is 1. The monoisotopic (exact) mass is 399 g/mol. The molecule has 9 heteroatoms. The molecule has 150 valence electrons. The Morgan fingerprint density at radius 1 is 1.11 bits per heavy atom. The van der Waals surface area contributed by atoms with Crippen molar-refractivity contribution < 1.29 is 26.7 Å². The third kappa shape index (κ3) is 4.07. The Kier molecular flexibility index (Phi) is 5.81. The molecule has 1 aliphatic heterocycles. The van der Waals surface area contributed by atoms with Gasteiger partial charge in [0.05, 0.1) is 0 Å². The summed E-state index contributed by atoms with van der Waals surface area (Å²) in [6.45, 7) is 1.89. The molecule has 0 aliphatic carbocycles. The van der Waals surface area contributed by atoms with Crippen molar-refractivity contribution >= 4 is 11.6 Å². The Morgan fingerprint density at radius 2 is 1.71 bits per heavy atom. The molecule has 1 aromatic heterocycles. The third-order valence-corrected chi connectivity index (χ3v) is 4.86. The normalized spacial score (nSPS) is 15.0. The lowest BCUT2D eigenvalue weighted by molar-refractivity contribution is -0.125. The Morgan fingerprint density at radius 3 is 2.29 bits per heavy atom. The van der Waals surface area contributed by atoms with Crippen molar-refractivity contribution in [2.45, 2.75) is 26.3 Å². The average Bonchev–Trinajstić information content (AvgIpc) is 2.68. The largest absolute Gasteiger partial charge is 0.366 e. The molecule has 0 atom stereocenters. The molecule has 1 N–H and O–H groups in total. The summed E-state index contributed by atoms with van der Waals surface area (Å²) < 4.78 is 67.8. The SMILES string of the molecule is Cc1ccc(CNC(=O)C2CCN(c3c(F)c(F)nc(F)c3F)CC2)cc1F. The zero-order valence-corrected chi connectivity index (χ0v) is 15.0. The molecule has 2 aromatic rings. The number of hydrogen-bond acceptors (Lipinski definition) is 3. The molecule has 1 aromatic carbocycles. The van der Waals surface area contributed by atoms with Crippen molar-refractivity contribution in [2.75, 3.05) is 18.0 Å². The van der Waals surface area contributed by atoms with Crippen molar-refractivity contribution in [3.05, 3.63) is 58.7 Å². The lowest BCUT2D eigenvalue weighted by atomic mass is 9.95. The Labute approximate surface area is 158 Å². The van der Waals surface area contributed by atoms with E-state index in [1.807, 2.05) is 0 Å². The highest BCUT2D eigenvalue weighted by atomic mass is 19.2. The fraction of sp³-hybridized carbons (Fsp3) is 0.368. The number of aryl methyl sites for hydroxylation is 1. The van der Waals surface area contributed by atoms with Crippen LogP contribution in [-0.2, 0) is 11.3 Å². The molecule has 1 fully saturated rings. The van der Waals surface area contributed by atoms with Crippen LogP contribution in [0.2, 0.25) is 0 Å². The van der Waals surface area contributed by atoms with Crippen molar-refractivity contribution in [1.29, 1.82) is 0 Å². The molecule has 3 rings (SSSR count). The van der Waals surface area contributed by atoms with Crippen LogP contribution < -0.4 is 10.2 Å². The van der Waals surface area contributed by atoms with Gasteiger partial charge in [-0.25, -0.2) is 4.39 Å². The zero-order chi connectivity index (χ0) is 20.4. The second kappa shape index (κ2) is 8.12. The molecule has 1 saturated heterocycles. The molecule has 1 aliphatic rings. The van der Waals surface area contributed by atoms with Gasteiger partial charge < -0.3 is 10.2 Å². The summed E-state index contributed by atoms with van der Waals surface area (Å²) in [5, 5.41) is 2.71. The molecule has 4 nitrogen and oxygen atoms in total. The maximum absolute atomic E-state index is 13.9. The molecule has 2 heterocycles. The topological polar surface area (TPSA) is 45.2 Å². The smallest absolute Gasteiger partial charge is 0.253 e. The highest BCUT2D eigenvalue weighted by molar-refractivity contribution is 5.79. The second-order valence-electron chi connectivity index (χ2n) is 6.73. The number of nitrogens with zero attached hydrogens (tertiary/aromatic N) is 2. The number of halogens is 5. The van der Waals surface area contributed by atoms with Crippen molar-refractivity contribution in [3.63, 3.8) is 0 Å². The molecule has 1 amide bonds. The van der Waals surface area contributed by atoms with E-state index in [2.05, 4.69) is 10.3 Å². The minimum absolute atomic E-state index is 0.0496. The number of pyridine rings is 1. The summed E-state index contributed by atoms with van der Waals surface area (Å²) in [5.41, 5.74) is 0.311. The third-order valence-electron chi connectivity index (χ3n) is 4.86. The first-order chi connectivity index (χ1) is 13.3. The van der Waals surface area contributed by atoms with E-state index in [9.17, 15) is 26.7 Å². The van der Waals surface area contributed by atoms with Gasteiger partial charge in [0.2, 0.25) is 17.5 Å². The van der Waals surface area contributed by atoms with E-state index >= 15 is 0 Å². The van der Waals surface area contributed by atoms with Gasteiger partial charge in [-0.15, -0.1) is 0 Å². The van der Waals surface area contributed by atoms with E-state index in [0.29, 0.717) is 11.1 Å². The first-order valence-corrected chi connectivity index (χ1v) is 8.75. The van der Waals surface area contributed by atoms with Crippen molar-refractivity contribution in [3.8, 4) is 0 Å². The van der Waals surface area contributed by atoms with Crippen LogP contribution in [0.3, 0.4) is 0 Å². The number of benzene rings is 1. The molecule has 28 heavy (non-hydrogen) atoms. The van der Waals surface area contributed by atoms with Crippen LogP contribution in [0.25, 0.3) is 0 Å². The number of carbonyl (C=O) groups excluding carboxylic acids is 1. The Bertz CT molecular complexity index is 871. The van der Waals surface area contributed by atoms with E-state index in [1.165, 1.54) is 6.07 Å². The summed E-state index contributed by atoms with van der Waals surface area (Å²) >= 11 is 0. The van der Waals surface area contributed by atoms with Crippen LogP contribution in [0.1, 0.15) is 24.0 Å². The molecule has 0 unspecified atom stereocenters. The van der Waals surface area contributed by atoms with Gasteiger partial charge >= 0.3 is 0 Å². The average molecular weight is 399 g/mol. The summed E-state index contributed by atoms with van der Waals surface area (Å²) in [6, 6.07) is 4.67. The minimum Gasteiger partial charge on any atom is -0.366 e. The summed E-state index contributed by atoms with van der Waals surface area (Å²) in [4.78, 5) is 16.0. The van der Waals surface area contributed by atoms with Gasteiger partial charge in [0.25, 0.3) is 11.9 Å². The standard InChI is InChI=1S/C19H18F5N3O/c1-10-2-3-11(8-13(10)20)9-25-19(28)12-4-6-27(7-5-12)16-14(21)17(23)26-18(24)15(16)22/h2-3,8,12H,4-7,9H2,1H3,(H,25,28). The lowest BCUT2D eigenvalue weighted by Gasteiger charge is -2.33. The lowest BCUT2D eigenvalue weighted by Crippen LogP contribution is -2.41. The fourth-order valence-electron chi connectivity index (χ4n) is 3.20. The highest BCUT2D eigenvalue weighted by Gasteiger charge is 2.30. The van der Waals surface area contributed by atoms with E-state index in [1.54, 1.807) is 19.1 Å². The van der Waals surface area contributed by atoms with E-state index in [-0.39, 0.29) is 44.2 Å². The van der Waals surface area contributed by atoms with E-state index in [4.69, 9.17) is 0 Å². The molecule has 0 saturated carbocycles. The number of piperidine rings is 1. The molecule has 0 bridgehead atoms. The van der Waals surface area contributed by atoms with Crippen LogP contribution in [0.15, 0.2) is 18.2 Å². The predicted octanol–water partition coefficient (Wildman–Crippen LogP) is 3.62. The summed E-state index contributed by atoms with van der Waals surface area (Å²) in [7, 11) is 0. The number of carbonyl (C=O) groups is 1. The summed E-state index contributed by atoms with van der Waals surface area (Å²) in [6.07, 6.45) is 0.497. The van der Waals surface area contributed by atoms with Gasteiger partial charge in [0, 0.05) is 25.6 Å². The van der Waals surface area contributed by atoms with Crippen LogP contribution in [0.5, 0.6) is 0 Å². The number of rotatable bonds is 4. The molecular weight excluding hydrogens is 381 g/mol. The van der Waals surface area contributed by atoms with Gasteiger partial charge in [0.15, 0.2) is 0 Å². The first kappa shape index (κ1) is 20.0. The van der Waals surface area contributed by atoms with E-state index in [0.717, 1.165) is 4.90 Å². The van der Waals surface area contributed by atoms with Crippen LogP contribution in [0.4, 0.5) is 27.6 Å². The van der Waals surface area contributed by atoms with Crippen LogP contribution >= 0.6 is 0 Å². The number of amides is 1. The summed E-state index contributed by atoms with van der Waals surface area (Å²) in [5.74, 6) is -7.58. The van der Waals surface area contributed by atoms with Crippen molar-refractivity contribution in [2.24, 2.45) is 5.92 Å². The maximum Gasteiger partial charge on any atom is 0.253 e. The van der Waals surface area contributed by atoms with Gasteiger partial charge in [-0.1, -0.05) is 12.1 Å².